The first-order valence-corrected chi connectivity index (χ1v) is 16.9. The highest BCUT2D eigenvalue weighted by Crippen LogP contribution is 2.46. The zero-order chi connectivity index (χ0) is 27.6. The van der Waals surface area contributed by atoms with E-state index in [-0.39, 0.29) is 11.6 Å². The molecular formula is C34H28O2S4. The molecule has 0 saturated carbocycles. The molecule has 1 aliphatic carbocycles. The number of benzene rings is 4. The number of rotatable bonds is 12. The third kappa shape index (κ3) is 7.64. The average Bonchev–Trinajstić information content (AvgIpc) is 3.01. The molecule has 0 atom stereocenters. The van der Waals surface area contributed by atoms with E-state index in [4.69, 9.17) is 0 Å². The molecule has 0 unspecified atom stereocenters. The summed E-state index contributed by atoms with van der Waals surface area (Å²) in [5, 5.41) is 0. The van der Waals surface area contributed by atoms with E-state index in [1.54, 1.807) is 0 Å². The van der Waals surface area contributed by atoms with Crippen molar-refractivity contribution >= 4 is 58.6 Å². The molecule has 0 N–H and O–H groups in total. The molecule has 1 aliphatic rings. The van der Waals surface area contributed by atoms with Crippen LogP contribution in [0.15, 0.2) is 141 Å². The summed E-state index contributed by atoms with van der Waals surface area (Å²) in [6.45, 7) is 0. The average molecular weight is 597 g/mol. The molecule has 0 amide bonds. The number of allylic oxidation sites excluding steroid dienone is 4. The minimum absolute atomic E-state index is 0.0346. The molecule has 0 heterocycles. The lowest BCUT2D eigenvalue weighted by atomic mass is 10.1. The van der Waals surface area contributed by atoms with Crippen molar-refractivity contribution in [3.05, 3.63) is 163 Å². The minimum atomic E-state index is -0.0346. The van der Waals surface area contributed by atoms with E-state index >= 15 is 0 Å². The Morgan fingerprint density at radius 1 is 0.325 bits per heavy atom. The Balaban J connectivity index is 1.47. The summed E-state index contributed by atoms with van der Waals surface area (Å²) in [5.74, 6) is 2.46. The van der Waals surface area contributed by atoms with Gasteiger partial charge in [-0.05, 0) is 22.3 Å². The second-order valence-electron chi connectivity index (χ2n) is 9.07. The van der Waals surface area contributed by atoms with Gasteiger partial charge in [-0.2, -0.15) is 0 Å². The van der Waals surface area contributed by atoms with Crippen LogP contribution in [0.4, 0.5) is 0 Å². The Morgan fingerprint density at radius 2 is 0.525 bits per heavy atom. The van der Waals surface area contributed by atoms with Crippen LogP contribution in [0.5, 0.6) is 0 Å². The van der Waals surface area contributed by atoms with Crippen LogP contribution in [-0.4, -0.2) is 11.6 Å². The zero-order valence-corrected chi connectivity index (χ0v) is 25.1. The van der Waals surface area contributed by atoms with Crippen molar-refractivity contribution < 1.29 is 9.59 Å². The molecule has 0 spiro atoms. The van der Waals surface area contributed by atoms with Crippen molar-refractivity contribution in [1.82, 2.24) is 0 Å². The number of ketones is 2. The Bertz CT molecular complexity index is 1270. The summed E-state index contributed by atoms with van der Waals surface area (Å²) < 4.78 is 0. The van der Waals surface area contributed by atoms with E-state index in [0.717, 1.165) is 22.3 Å². The fraction of sp³-hybridized carbons (Fsp3) is 0.118. The van der Waals surface area contributed by atoms with Gasteiger partial charge in [0.05, 0.1) is 19.6 Å². The van der Waals surface area contributed by atoms with Crippen molar-refractivity contribution in [3.63, 3.8) is 0 Å². The lowest BCUT2D eigenvalue weighted by Gasteiger charge is -2.23. The highest BCUT2D eigenvalue weighted by Gasteiger charge is 2.36. The summed E-state index contributed by atoms with van der Waals surface area (Å²) in [6.07, 6.45) is 0. The minimum Gasteiger partial charge on any atom is -0.287 e. The normalized spacial score (nSPS) is 13.7. The van der Waals surface area contributed by atoms with Gasteiger partial charge >= 0.3 is 0 Å². The van der Waals surface area contributed by atoms with Gasteiger partial charge in [-0.1, -0.05) is 121 Å². The fourth-order valence-electron chi connectivity index (χ4n) is 4.06. The van der Waals surface area contributed by atoms with Gasteiger partial charge in [0.25, 0.3) is 0 Å². The summed E-state index contributed by atoms with van der Waals surface area (Å²) in [7, 11) is 0. The molecule has 0 saturated heterocycles. The predicted octanol–water partition coefficient (Wildman–Crippen LogP) is 9.29. The topological polar surface area (TPSA) is 34.1 Å². The van der Waals surface area contributed by atoms with Crippen LogP contribution >= 0.6 is 47.0 Å². The maximum atomic E-state index is 14.2. The van der Waals surface area contributed by atoms with Crippen molar-refractivity contribution in [2.24, 2.45) is 0 Å². The molecule has 4 aromatic carbocycles. The van der Waals surface area contributed by atoms with Crippen molar-refractivity contribution in [2.75, 3.05) is 0 Å². The van der Waals surface area contributed by atoms with E-state index < -0.39 is 0 Å². The first-order chi connectivity index (χ1) is 19.7. The standard InChI is InChI=1S/C34H28O2S4/c35-29-31(37-21-25-13-5-1-6-14-25)32(38-22-26-15-7-2-8-16-26)30(36)34(40-24-28-19-11-4-12-20-28)33(29)39-23-27-17-9-3-10-18-27/h1-20H,21-24H2. The summed E-state index contributed by atoms with van der Waals surface area (Å²) in [5.41, 5.74) is 4.50. The Labute approximate surface area is 253 Å². The molecular weight excluding hydrogens is 569 g/mol. The van der Waals surface area contributed by atoms with Crippen LogP contribution in [0.25, 0.3) is 0 Å². The number of thioether (sulfide) groups is 4. The summed E-state index contributed by atoms with van der Waals surface area (Å²) in [6, 6.07) is 40.4. The lowest BCUT2D eigenvalue weighted by Crippen LogP contribution is -2.20. The number of hydrogen-bond donors (Lipinski definition) is 0. The van der Waals surface area contributed by atoms with Crippen LogP contribution in [0.1, 0.15) is 22.3 Å². The lowest BCUT2D eigenvalue weighted by molar-refractivity contribution is -0.114. The van der Waals surface area contributed by atoms with Gasteiger partial charge in [-0.25, -0.2) is 0 Å². The first-order valence-electron chi connectivity index (χ1n) is 12.9. The smallest absolute Gasteiger partial charge is 0.208 e. The van der Waals surface area contributed by atoms with Gasteiger partial charge < -0.3 is 0 Å². The van der Waals surface area contributed by atoms with E-state index in [0.29, 0.717) is 42.6 Å². The third-order valence-corrected chi connectivity index (χ3v) is 11.0. The van der Waals surface area contributed by atoms with Gasteiger partial charge in [-0.15, -0.1) is 47.0 Å². The maximum Gasteiger partial charge on any atom is 0.208 e. The highest BCUT2D eigenvalue weighted by molar-refractivity contribution is 8.10. The molecule has 40 heavy (non-hydrogen) atoms. The first kappa shape index (κ1) is 28.6. The SMILES string of the molecule is O=C1C(SCc2ccccc2)=C(SCc2ccccc2)C(=O)C(SCc2ccccc2)=C1SCc1ccccc1. The fourth-order valence-corrected chi connectivity index (χ4v) is 8.74. The number of Topliss-reactive ketones (excluding diaryl/α,β-unsaturated/α-hetero) is 2. The zero-order valence-electron chi connectivity index (χ0n) is 21.8. The van der Waals surface area contributed by atoms with E-state index in [1.165, 1.54) is 47.0 Å². The van der Waals surface area contributed by atoms with Crippen LogP contribution < -0.4 is 0 Å². The van der Waals surface area contributed by atoms with Gasteiger partial charge in [0.1, 0.15) is 0 Å². The van der Waals surface area contributed by atoms with Crippen molar-refractivity contribution in [3.8, 4) is 0 Å². The van der Waals surface area contributed by atoms with Crippen molar-refractivity contribution in [1.29, 1.82) is 0 Å². The predicted molar refractivity (Wildman–Crippen MR) is 175 cm³/mol. The van der Waals surface area contributed by atoms with E-state index in [1.807, 2.05) is 72.8 Å². The molecule has 200 valence electrons. The summed E-state index contributed by atoms with van der Waals surface area (Å²) in [4.78, 5) is 30.7. The van der Waals surface area contributed by atoms with Crippen LogP contribution in [0.3, 0.4) is 0 Å². The Kier molecular flexibility index (Phi) is 10.5. The third-order valence-electron chi connectivity index (χ3n) is 6.14. The van der Waals surface area contributed by atoms with Gasteiger partial charge in [0.15, 0.2) is 0 Å². The molecule has 0 aliphatic heterocycles. The number of carbonyl (C=O) groups is 2. The van der Waals surface area contributed by atoms with Gasteiger partial charge in [0.2, 0.25) is 11.6 Å². The monoisotopic (exact) mass is 596 g/mol. The Morgan fingerprint density at radius 3 is 0.725 bits per heavy atom. The summed E-state index contributed by atoms with van der Waals surface area (Å²) >= 11 is 5.92. The molecule has 2 nitrogen and oxygen atoms in total. The van der Waals surface area contributed by atoms with Crippen molar-refractivity contribution in [2.45, 2.75) is 23.0 Å². The maximum absolute atomic E-state index is 14.2. The van der Waals surface area contributed by atoms with Crippen LogP contribution in [-0.2, 0) is 32.6 Å². The second kappa shape index (κ2) is 14.6. The van der Waals surface area contributed by atoms with Gasteiger partial charge in [0, 0.05) is 23.0 Å². The van der Waals surface area contributed by atoms with Gasteiger partial charge in [-0.3, -0.25) is 9.59 Å². The second-order valence-corrected chi connectivity index (χ2v) is 13.0. The molecule has 0 fully saturated rings. The molecule has 0 radical (unpaired) electrons. The van der Waals surface area contributed by atoms with Crippen LogP contribution in [0, 0.1) is 0 Å². The Hall–Kier alpha value is -2.90. The molecule has 0 aromatic heterocycles. The molecule has 5 rings (SSSR count). The number of carbonyl (C=O) groups excluding carboxylic acids is 2. The molecule has 6 heteroatoms. The highest BCUT2D eigenvalue weighted by atomic mass is 32.2. The quantitative estimate of drug-likeness (QED) is 0.152. The largest absolute Gasteiger partial charge is 0.287 e. The molecule has 0 bridgehead atoms. The molecule has 4 aromatic rings. The number of hydrogen-bond acceptors (Lipinski definition) is 6. The van der Waals surface area contributed by atoms with E-state index in [2.05, 4.69) is 48.5 Å². The van der Waals surface area contributed by atoms with E-state index in [9.17, 15) is 9.59 Å². The van der Waals surface area contributed by atoms with Crippen LogP contribution in [0.2, 0.25) is 0 Å².